The molecule has 3 fully saturated rings. The van der Waals surface area contributed by atoms with Gasteiger partial charge in [0, 0.05) is 0 Å². The summed E-state index contributed by atoms with van der Waals surface area (Å²) in [4.78, 5) is 0. The van der Waals surface area contributed by atoms with Crippen molar-refractivity contribution in [3.63, 3.8) is 0 Å². The van der Waals surface area contributed by atoms with E-state index in [0.717, 1.165) is 82.9 Å². The maximum atomic E-state index is 2.62. The first-order valence-electron chi connectivity index (χ1n) is 14.3. The standard InChI is InChI=1S/C32H54/c1-15-17(3)23(9)31-27(19(5)25(11)29(31)21(15)7)13-14-28-20(6)26(12)30-22(8)16(2)18(4)24(10)32(28)30/h15,17,19-21,23,25-32H,13-14H2,1-12H3. The number of hydrogen-bond acceptors (Lipinski definition) is 0. The maximum Gasteiger partial charge on any atom is -0.0101 e. The van der Waals surface area contributed by atoms with Crippen molar-refractivity contribution in [1.29, 1.82) is 0 Å². The van der Waals surface area contributed by atoms with Crippen LogP contribution in [0.15, 0.2) is 22.3 Å². The van der Waals surface area contributed by atoms with E-state index < -0.39 is 0 Å². The number of rotatable bonds is 3. The lowest BCUT2D eigenvalue weighted by molar-refractivity contribution is -0.00264. The summed E-state index contributed by atoms with van der Waals surface area (Å²) in [6.07, 6.45) is 2.93. The Kier molecular flexibility index (Phi) is 6.62. The van der Waals surface area contributed by atoms with E-state index in [1.54, 1.807) is 22.3 Å². The fraction of sp³-hybridized carbons (Fsp3) is 0.875. The smallest absolute Gasteiger partial charge is 0.0101 e. The molecule has 4 aliphatic rings. The normalized spacial score (nSPS) is 53.6. The summed E-state index contributed by atoms with van der Waals surface area (Å²) >= 11 is 0. The largest absolute Gasteiger partial charge is 0.0661 e. The molecule has 0 aliphatic heterocycles. The van der Waals surface area contributed by atoms with Crippen LogP contribution in [0.3, 0.4) is 0 Å². The van der Waals surface area contributed by atoms with E-state index in [1.165, 1.54) is 12.8 Å². The molecule has 182 valence electrons. The van der Waals surface area contributed by atoms with Crippen molar-refractivity contribution in [2.45, 2.75) is 95.9 Å². The molecule has 0 spiro atoms. The molecule has 0 amide bonds. The molecule has 0 nitrogen and oxygen atoms in total. The first kappa shape index (κ1) is 24.6. The molecule has 0 radical (unpaired) electrons. The molecule has 0 bridgehead atoms. The second-order valence-corrected chi connectivity index (χ2v) is 13.6. The first-order chi connectivity index (χ1) is 14.9. The summed E-state index contributed by atoms with van der Waals surface area (Å²) in [6.45, 7) is 30.4. The molecule has 3 saturated carbocycles. The zero-order valence-electron chi connectivity index (χ0n) is 23.5. The Morgan fingerprint density at radius 2 is 0.812 bits per heavy atom. The minimum absolute atomic E-state index is 0.792. The Morgan fingerprint density at radius 3 is 1.38 bits per heavy atom. The zero-order valence-corrected chi connectivity index (χ0v) is 23.5. The molecule has 32 heavy (non-hydrogen) atoms. The maximum absolute atomic E-state index is 2.62. The Hall–Kier alpha value is -0.520. The van der Waals surface area contributed by atoms with Crippen LogP contribution in [0.5, 0.6) is 0 Å². The van der Waals surface area contributed by atoms with Gasteiger partial charge in [-0.3, -0.25) is 0 Å². The Bertz CT molecular complexity index is 782. The summed E-state index contributed by atoms with van der Waals surface area (Å²) in [6, 6.07) is 0. The SMILES string of the molecule is CC1=C(C)C2C(C)C(C)C(CCC3C(C)C(C)C4C(C)C(C)C(C)C(C)C34)C2C(C)=C1C. The second-order valence-electron chi connectivity index (χ2n) is 13.6. The van der Waals surface area contributed by atoms with Gasteiger partial charge in [-0.2, -0.15) is 0 Å². The van der Waals surface area contributed by atoms with Crippen molar-refractivity contribution < 1.29 is 0 Å². The van der Waals surface area contributed by atoms with Crippen LogP contribution in [0.1, 0.15) is 95.9 Å². The molecule has 4 aliphatic carbocycles. The lowest BCUT2D eigenvalue weighted by atomic mass is 9.57. The van der Waals surface area contributed by atoms with Gasteiger partial charge in [0.05, 0.1) is 0 Å². The highest BCUT2D eigenvalue weighted by molar-refractivity contribution is 5.43. The second kappa shape index (κ2) is 8.61. The third-order valence-electron chi connectivity index (χ3n) is 13.3. The summed E-state index contributed by atoms with van der Waals surface area (Å²) < 4.78 is 0. The molecular formula is C32H54. The van der Waals surface area contributed by atoms with Gasteiger partial charge in [0.2, 0.25) is 0 Å². The summed E-state index contributed by atoms with van der Waals surface area (Å²) in [5, 5.41) is 0. The highest BCUT2D eigenvalue weighted by Crippen LogP contribution is 2.62. The number of hydrogen-bond donors (Lipinski definition) is 0. The Balaban J connectivity index is 1.58. The van der Waals surface area contributed by atoms with Crippen LogP contribution < -0.4 is 0 Å². The predicted octanol–water partition coefficient (Wildman–Crippen LogP) is 9.28. The van der Waals surface area contributed by atoms with Gasteiger partial charge in [0.1, 0.15) is 0 Å². The number of allylic oxidation sites excluding steroid dienone is 4. The number of fused-ring (bicyclic) bond motifs is 2. The zero-order chi connectivity index (χ0) is 23.8. The lowest BCUT2D eigenvalue weighted by Gasteiger charge is -2.48. The van der Waals surface area contributed by atoms with E-state index in [0.29, 0.717) is 0 Å². The van der Waals surface area contributed by atoms with Crippen molar-refractivity contribution >= 4 is 0 Å². The first-order valence-corrected chi connectivity index (χ1v) is 14.3. The van der Waals surface area contributed by atoms with E-state index in [-0.39, 0.29) is 0 Å². The van der Waals surface area contributed by atoms with Gasteiger partial charge in [0.15, 0.2) is 0 Å². The molecule has 0 N–H and O–H groups in total. The van der Waals surface area contributed by atoms with E-state index in [1.807, 2.05) is 0 Å². The molecule has 0 aromatic heterocycles. The van der Waals surface area contributed by atoms with Gasteiger partial charge < -0.3 is 0 Å². The molecule has 0 aromatic carbocycles. The van der Waals surface area contributed by atoms with Crippen molar-refractivity contribution in [1.82, 2.24) is 0 Å². The molecule has 4 rings (SSSR count). The average Bonchev–Trinajstić information content (AvgIpc) is 3.16. The van der Waals surface area contributed by atoms with Gasteiger partial charge in [-0.15, -0.1) is 0 Å². The highest BCUT2D eigenvalue weighted by Gasteiger charge is 2.56. The van der Waals surface area contributed by atoms with E-state index >= 15 is 0 Å². The van der Waals surface area contributed by atoms with Crippen LogP contribution in [0.4, 0.5) is 0 Å². The summed E-state index contributed by atoms with van der Waals surface area (Å²) in [5.74, 6) is 12.3. The van der Waals surface area contributed by atoms with Crippen LogP contribution >= 0.6 is 0 Å². The molecular weight excluding hydrogens is 384 g/mol. The predicted molar refractivity (Wildman–Crippen MR) is 140 cm³/mol. The van der Waals surface area contributed by atoms with Crippen molar-refractivity contribution in [3.05, 3.63) is 22.3 Å². The van der Waals surface area contributed by atoms with Crippen molar-refractivity contribution in [3.8, 4) is 0 Å². The minimum Gasteiger partial charge on any atom is -0.0661 e. The molecule has 14 unspecified atom stereocenters. The molecule has 0 heteroatoms. The van der Waals surface area contributed by atoms with Crippen LogP contribution in [0, 0.1) is 82.9 Å². The molecule has 0 saturated heterocycles. The van der Waals surface area contributed by atoms with Crippen LogP contribution in [0.25, 0.3) is 0 Å². The van der Waals surface area contributed by atoms with E-state index in [4.69, 9.17) is 0 Å². The summed E-state index contributed by atoms with van der Waals surface area (Å²) in [7, 11) is 0. The van der Waals surface area contributed by atoms with E-state index in [9.17, 15) is 0 Å². The quantitative estimate of drug-likeness (QED) is 0.412. The topological polar surface area (TPSA) is 0 Å². The van der Waals surface area contributed by atoms with Gasteiger partial charge in [-0.25, -0.2) is 0 Å². The average molecular weight is 439 g/mol. The van der Waals surface area contributed by atoms with Crippen LogP contribution in [-0.2, 0) is 0 Å². The Labute approximate surface area is 201 Å². The monoisotopic (exact) mass is 438 g/mol. The third kappa shape index (κ3) is 3.35. The molecule has 0 aromatic rings. The summed E-state index contributed by atoms with van der Waals surface area (Å²) in [5.41, 5.74) is 6.64. The highest BCUT2D eigenvalue weighted by atomic mass is 14.6. The van der Waals surface area contributed by atoms with Crippen molar-refractivity contribution in [2.75, 3.05) is 0 Å². The van der Waals surface area contributed by atoms with Crippen LogP contribution in [0.2, 0.25) is 0 Å². The van der Waals surface area contributed by atoms with E-state index in [2.05, 4.69) is 83.1 Å². The van der Waals surface area contributed by atoms with Gasteiger partial charge >= 0.3 is 0 Å². The molecule has 14 atom stereocenters. The van der Waals surface area contributed by atoms with Gasteiger partial charge in [0.25, 0.3) is 0 Å². The Morgan fingerprint density at radius 1 is 0.406 bits per heavy atom. The lowest BCUT2D eigenvalue weighted by Crippen LogP contribution is -2.43. The van der Waals surface area contributed by atoms with Gasteiger partial charge in [-0.05, 0) is 135 Å². The van der Waals surface area contributed by atoms with Gasteiger partial charge in [-0.1, -0.05) is 66.5 Å². The minimum atomic E-state index is 0.792. The fourth-order valence-electron chi connectivity index (χ4n) is 10.2. The fourth-order valence-corrected chi connectivity index (χ4v) is 10.2. The molecule has 0 heterocycles. The third-order valence-corrected chi connectivity index (χ3v) is 13.3. The van der Waals surface area contributed by atoms with Crippen LogP contribution in [-0.4, -0.2) is 0 Å². The van der Waals surface area contributed by atoms with Crippen molar-refractivity contribution in [2.24, 2.45) is 82.9 Å².